The van der Waals surface area contributed by atoms with Gasteiger partial charge in [-0.25, -0.2) is 0 Å². The predicted molar refractivity (Wildman–Crippen MR) is 64.9 cm³/mol. The average Bonchev–Trinajstić information content (AvgIpc) is 2.46. The van der Waals surface area contributed by atoms with Crippen LogP contribution in [0, 0.1) is 14.7 Å². The lowest BCUT2D eigenvalue weighted by atomic mass is 10.0. The third kappa shape index (κ3) is 26.2. The Morgan fingerprint density at radius 3 is 1.27 bits per heavy atom. The molecule has 16 heteroatoms. The van der Waals surface area contributed by atoms with Crippen molar-refractivity contribution in [2.24, 2.45) is 16.0 Å². The molecule has 0 aliphatic rings. The minimum Gasteiger partial charge on any atom is -0.394 e. The third-order valence-corrected chi connectivity index (χ3v) is 1.42. The van der Waals surface area contributed by atoms with Gasteiger partial charge in [0, 0.05) is 0 Å². The second-order valence-electron chi connectivity index (χ2n) is 2.60. The molecule has 0 radical (unpaired) electrons. The zero-order valence-corrected chi connectivity index (χ0v) is 10.9. The van der Waals surface area contributed by atoms with Gasteiger partial charge in [0.25, 0.3) is 0 Å². The molecule has 0 aromatic heterocycles. The number of nitrogens with zero attached hydrogens (tertiary/aromatic N) is 3. The molecule has 0 heterocycles. The van der Waals surface area contributed by atoms with Crippen LogP contribution in [0.3, 0.4) is 0 Å². The lowest BCUT2D eigenvalue weighted by molar-refractivity contribution is -0.136. The Morgan fingerprint density at radius 1 is 0.818 bits per heavy atom. The summed E-state index contributed by atoms with van der Waals surface area (Å²) in [5.74, 6) is 0. The fourth-order valence-corrected chi connectivity index (χ4v) is 0.618. The molecule has 134 valence electrons. The van der Waals surface area contributed by atoms with Crippen molar-refractivity contribution in [1.29, 1.82) is 0 Å². The molecule has 22 heavy (non-hydrogen) atoms. The molecule has 0 aromatic carbocycles. The summed E-state index contributed by atoms with van der Waals surface area (Å²) in [4.78, 5) is 34.2. The van der Waals surface area contributed by atoms with Crippen LogP contribution >= 0.6 is 0 Å². The lowest BCUT2D eigenvalue weighted by Gasteiger charge is -2.22. The summed E-state index contributed by atoms with van der Waals surface area (Å²) >= 11 is 0. The van der Waals surface area contributed by atoms with Crippen LogP contribution in [0.5, 0.6) is 0 Å². The first kappa shape index (κ1) is 31.8. The highest BCUT2D eigenvalue weighted by Gasteiger charge is 2.29. The number of rotatable bonds is 5. The Hall–Kier alpha value is -2.37. The molecule has 0 aliphatic carbocycles. The van der Waals surface area contributed by atoms with E-state index in [2.05, 4.69) is 0 Å². The van der Waals surface area contributed by atoms with Crippen LogP contribution < -0.4 is 6.15 Å². The van der Waals surface area contributed by atoms with E-state index in [0.717, 1.165) is 0 Å². The summed E-state index contributed by atoms with van der Waals surface area (Å²) < 4.78 is 0. The van der Waals surface area contributed by atoms with Crippen molar-refractivity contribution in [3.8, 4) is 0 Å². The van der Waals surface area contributed by atoms with Gasteiger partial charge in [-0.2, -0.15) is 0 Å². The number of hydrogen-bond donors (Lipinski definition) is 9. The maximum atomic E-state index is 9.90. The Kier molecular flexibility index (Phi) is 39.1. The van der Waals surface area contributed by atoms with Crippen LogP contribution in [0.25, 0.3) is 0 Å². The van der Waals surface area contributed by atoms with Crippen LogP contribution in [0.15, 0.2) is 16.0 Å². The second kappa shape index (κ2) is 27.1. The van der Waals surface area contributed by atoms with Gasteiger partial charge in [-0.1, -0.05) is 0 Å². The van der Waals surface area contributed by atoms with Crippen molar-refractivity contribution in [1.82, 2.24) is 6.15 Å². The highest BCUT2D eigenvalue weighted by molar-refractivity contribution is 5.56. The van der Waals surface area contributed by atoms with E-state index in [9.17, 15) is 4.79 Å². The zero-order valence-electron chi connectivity index (χ0n) is 10.9. The predicted octanol–water partition coefficient (Wildman–Crippen LogP) is -2.79. The molecule has 0 aromatic rings. The number of carbonyl (C=O) groups is 1. The second-order valence-corrected chi connectivity index (χ2v) is 2.60. The third-order valence-electron chi connectivity index (χ3n) is 1.42. The molecule has 0 bridgehead atoms. The summed E-state index contributed by atoms with van der Waals surface area (Å²) in [6.07, 6.45) is -6.84. The van der Waals surface area contributed by atoms with Gasteiger partial charge in [0.15, 0.2) is 22.3 Å². The maximum Gasteiger partial charge on any atom is 0.152 e. The van der Waals surface area contributed by atoms with Crippen molar-refractivity contribution in [2.75, 3.05) is 6.61 Å². The number of carbonyl (C=O) groups excluding carboxylic acids is 1. The Bertz CT molecular complexity index is 242. The molecule has 0 aliphatic heterocycles. The molecule has 0 unspecified atom stereocenters. The molecule has 11 N–H and O–H groups in total. The number of aliphatic hydroxyl groups excluding tert-OH is 5. The van der Waals surface area contributed by atoms with Crippen LogP contribution in [-0.2, 0) is 4.79 Å². The first-order valence-electron chi connectivity index (χ1n) is 4.47. The van der Waals surface area contributed by atoms with Gasteiger partial charge in [-0.05, 0) is 0 Å². The zero-order chi connectivity index (χ0) is 17.8. The summed E-state index contributed by atoms with van der Waals surface area (Å²) in [7, 11) is 0. The molecular weight excluding hydrogens is 320 g/mol. The van der Waals surface area contributed by atoms with Gasteiger partial charge in [0.1, 0.15) is 24.4 Å². The normalized spacial score (nSPS) is 13.1. The average molecular weight is 338 g/mol. The smallest absolute Gasteiger partial charge is 0.152 e. The minimum absolute atomic E-state index is 0. The number of hydrogen-bond acceptors (Lipinski definition) is 13. The fourth-order valence-electron chi connectivity index (χ4n) is 0.618. The number of aldehydes is 1. The van der Waals surface area contributed by atoms with Gasteiger partial charge in [-0.15, -0.1) is 14.7 Å². The Balaban J connectivity index is -0.0000000802. The minimum atomic E-state index is -1.79. The first-order valence-corrected chi connectivity index (χ1v) is 4.47. The van der Waals surface area contributed by atoms with Crippen molar-refractivity contribution in [3.63, 3.8) is 0 Å². The molecular formula is C6H18N4O12. The summed E-state index contributed by atoms with van der Waals surface area (Å²) in [6, 6.07) is 0. The molecule has 0 fully saturated rings. The van der Waals surface area contributed by atoms with Gasteiger partial charge < -0.3 is 52.1 Å². The van der Waals surface area contributed by atoms with E-state index < -0.39 is 31.0 Å². The summed E-state index contributed by atoms with van der Waals surface area (Å²) in [5, 5.41) is 67.2. The lowest BCUT2D eigenvalue weighted by Crippen LogP contribution is -2.46. The van der Waals surface area contributed by atoms with E-state index in [1.54, 1.807) is 0 Å². The number of aliphatic hydroxyl groups is 5. The van der Waals surface area contributed by atoms with Crippen molar-refractivity contribution < 1.29 is 45.9 Å². The van der Waals surface area contributed by atoms with E-state index in [-0.39, 0.29) is 12.4 Å². The molecule has 0 spiro atoms. The van der Waals surface area contributed by atoms with Crippen LogP contribution in [0.2, 0.25) is 0 Å². The monoisotopic (exact) mass is 338 g/mol. The highest BCUT2D eigenvalue weighted by Crippen LogP contribution is 2.02. The van der Waals surface area contributed by atoms with E-state index in [1.807, 2.05) is 0 Å². The first-order chi connectivity index (χ1) is 9.78. The van der Waals surface area contributed by atoms with Gasteiger partial charge in [0.05, 0.1) is 6.61 Å². The van der Waals surface area contributed by atoms with Gasteiger partial charge >= 0.3 is 0 Å². The van der Waals surface area contributed by atoms with Crippen LogP contribution in [-0.4, -0.2) is 78.5 Å². The van der Waals surface area contributed by atoms with E-state index in [4.69, 9.17) is 55.9 Å². The maximum absolute atomic E-state index is 9.90. The molecule has 0 rings (SSSR count). The fraction of sp³-hybridized carbons (Fsp3) is 0.833. The topological polar surface area (TPSA) is 302 Å². The molecule has 4 atom stereocenters. The summed E-state index contributed by atoms with van der Waals surface area (Å²) in [5.41, 5.74) is 0. The molecule has 0 saturated heterocycles. The van der Waals surface area contributed by atoms with E-state index in [0.29, 0.717) is 0 Å². The molecule has 0 saturated carbocycles. The summed E-state index contributed by atoms with van der Waals surface area (Å²) in [6.45, 7) is -0.760. The Morgan fingerprint density at radius 2 is 1.09 bits per heavy atom. The standard InChI is InChI=1S/C6H12O6.3HNO2.H3N/c7-1-3(9)5(11)6(12)4(10)2-8;3*2-1-3;/h1,3-6,8-12H,2H2;3*(H,2,3);1H3/t3-,4+,5+,6+;;;;/m0..../s1. The molecule has 0 amide bonds. The van der Waals surface area contributed by atoms with Crippen molar-refractivity contribution >= 4 is 6.29 Å². The highest BCUT2D eigenvalue weighted by atomic mass is 16.6. The van der Waals surface area contributed by atoms with Gasteiger partial charge in [0.2, 0.25) is 0 Å². The SMILES string of the molecule is N.O=C[C@H](O)[C@@H](O)[C@H](O)[C@H](O)CO.O=NO.O=NO.O=NO. The van der Waals surface area contributed by atoms with Crippen molar-refractivity contribution in [2.45, 2.75) is 24.4 Å². The van der Waals surface area contributed by atoms with Gasteiger partial charge in [-0.3, -0.25) is 0 Å². The molecule has 16 nitrogen and oxygen atoms in total. The Labute approximate surface area is 121 Å². The van der Waals surface area contributed by atoms with E-state index >= 15 is 0 Å². The van der Waals surface area contributed by atoms with Crippen molar-refractivity contribution in [3.05, 3.63) is 14.7 Å². The van der Waals surface area contributed by atoms with Crippen LogP contribution in [0.1, 0.15) is 0 Å². The van der Waals surface area contributed by atoms with Crippen LogP contribution in [0.4, 0.5) is 0 Å². The quantitative estimate of drug-likeness (QED) is 0.139. The van der Waals surface area contributed by atoms with E-state index in [1.165, 1.54) is 16.0 Å². The largest absolute Gasteiger partial charge is 0.394 e.